The van der Waals surface area contributed by atoms with E-state index in [1.54, 1.807) is 0 Å². The molecule has 0 bridgehead atoms. The van der Waals surface area contributed by atoms with Gasteiger partial charge in [-0.25, -0.2) is 4.98 Å². The average Bonchev–Trinajstić information content (AvgIpc) is 2.68. The molecule has 0 aliphatic heterocycles. The van der Waals surface area contributed by atoms with Gasteiger partial charge in [0.2, 0.25) is 0 Å². The van der Waals surface area contributed by atoms with E-state index in [2.05, 4.69) is 22.5 Å². The number of hydrogen-bond donors (Lipinski definition) is 1. The van der Waals surface area contributed by atoms with Crippen molar-refractivity contribution in [1.29, 1.82) is 0 Å². The molecule has 0 spiro atoms. The molecule has 0 aliphatic rings. The van der Waals surface area contributed by atoms with Gasteiger partial charge in [-0.05, 0) is 25.0 Å². The summed E-state index contributed by atoms with van der Waals surface area (Å²) < 4.78 is 2.13. The molecule has 1 N–H and O–H groups in total. The van der Waals surface area contributed by atoms with Gasteiger partial charge in [-0.2, -0.15) is 0 Å². The fourth-order valence-corrected chi connectivity index (χ4v) is 1.99. The minimum absolute atomic E-state index is 0.459. The lowest BCUT2D eigenvalue weighted by atomic mass is 10.2. The zero-order chi connectivity index (χ0) is 11.5. The third-order valence-corrected chi connectivity index (χ3v) is 2.82. The smallest absolute Gasteiger partial charge is 0.138 e. The van der Waals surface area contributed by atoms with Crippen molar-refractivity contribution in [1.82, 2.24) is 9.55 Å². The van der Waals surface area contributed by atoms with Crippen LogP contribution in [0, 0.1) is 0 Å². The highest BCUT2D eigenvalue weighted by Crippen LogP contribution is 2.22. The van der Waals surface area contributed by atoms with Crippen molar-refractivity contribution in [3.63, 3.8) is 0 Å². The number of aryl methyl sites for hydroxylation is 1. The fraction of sp³-hybridized carbons (Fsp3) is 0.462. The summed E-state index contributed by atoms with van der Waals surface area (Å²) in [5.74, 6) is 0.797. The summed E-state index contributed by atoms with van der Waals surface area (Å²) in [6, 6.07) is 8.04. The summed E-state index contributed by atoms with van der Waals surface area (Å²) in [7, 11) is 0. The lowest BCUT2D eigenvalue weighted by Crippen LogP contribution is -2.08. The maximum Gasteiger partial charge on any atom is 0.138 e. The van der Waals surface area contributed by atoms with Gasteiger partial charge in [-0.3, -0.25) is 0 Å². The van der Waals surface area contributed by atoms with E-state index in [0.29, 0.717) is 6.42 Å². The van der Waals surface area contributed by atoms with Crippen LogP contribution < -0.4 is 0 Å². The van der Waals surface area contributed by atoms with Crippen molar-refractivity contribution in [2.24, 2.45) is 0 Å². The minimum Gasteiger partial charge on any atom is -0.385 e. The van der Waals surface area contributed by atoms with Crippen LogP contribution in [0.1, 0.15) is 38.6 Å². The number of aliphatic hydroxyl groups is 1. The Kier molecular flexibility index (Phi) is 3.25. The molecule has 0 radical (unpaired) electrons. The Morgan fingerprint density at radius 2 is 2.06 bits per heavy atom. The average molecular weight is 218 g/mol. The van der Waals surface area contributed by atoms with Crippen LogP contribution in [0.25, 0.3) is 11.0 Å². The van der Waals surface area contributed by atoms with Crippen LogP contribution in [0.5, 0.6) is 0 Å². The molecule has 0 saturated carbocycles. The van der Waals surface area contributed by atoms with Crippen molar-refractivity contribution in [2.75, 3.05) is 0 Å². The molecule has 0 aliphatic carbocycles. The number of benzene rings is 1. The molecule has 2 rings (SSSR count). The number of rotatable bonds is 4. The quantitative estimate of drug-likeness (QED) is 0.856. The van der Waals surface area contributed by atoms with Crippen LogP contribution >= 0.6 is 0 Å². The van der Waals surface area contributed by atoms with Crippen molar-refractivity contribution >= 4 is 11.0 Å². The van der Waals surface area contributed by atoms with Gasteiger partial charge in [0.25, 0.3) is 0 Å². The van der Waals surface area contributed by atoms with Gasteiger partial charge in [0, 0.05) is 6.54 Å². The maximum absolute atomic E-state index is 9.95. The molecular weight excluding hydrogens is 200 g/mol. The number of hydrogen-bond acceptors (Lipinski definition) is 2. The van der Waals surface area contributed by atoms with E-state index < -0.39 is 6.10 Å². The third-order valence-electron chi connectivity index (χ3n) is 2.82. The highest BCUT2D eigenvalue weighted by molar-refractivity contribution is 5.75. The zero-order valence-electron chi connectivity index (χ0n) is 9.85. The summed E-state index contributed by atoms with van der Waals surface area (Å²) >= 11 is 0. The number of imidazole rings is 1. The third kappa shape index (κ3) is 1.83. The largest absolute Gasteiger partial charge is 0.385 e. The number of aromatic nitrogens is 2. The van der Waals surface area contributed by atoms with Gasteiger partial charge in [-0.1, -0.05) is 26.0 Å². The van der Waals surface area contributed by atoms with Crippen LogP contribution in [-0.4, -0.2) is 14.7 Å². The molecule has 0 fully saturated rings. The molecule has 0 saturated heterocycles. The van der Waals surface area contributed by atoms with Gasteiger partial charge >= 0.3 is 0 Å². The molecule has 3 nitrogen and oxygen atoms in total. The second kappa shape index (κ2) is 4.66. The van der Waals surface area contributed by atoms with E-state index in [1.807, 2.05) is 25.1 Å². The monoisotopic (exact) mass is 218 g/mol. The Balaban J connectivity index is 2.58. The Hall–Kier alpha value is -1.35. The highest BCUT2D eigenvalue weighted by Gasteiger charge is 2.15. The van der Waals surface area contributed by atoms with E-state index >= 15 is 0 Å². The minimum atomic E-state index is -0.459. The predicted molar refractivity (Wildman–Crippen MR) is 65.3 cm³/mol. The standard InChI is InChI=1S/C13H18N2O/c1-3-9-15-11-8-6-5-7-10(11)14-13(15)12(16)4-2/h5-8,12,16H,3-4,9H2,1-2H3/t12-/m0/s1. The Labute approximate surface area is 95.7 Å². The van der Waals surface area contributed by atoms with E-state index in [4.69, 9.17) is 0 Å². The van der Waals surface area contributed by atoms with Crippen LogP contribution in [-0.2, 0) is 6.54 Å². The summed E-state index contributed by atoms with van der Waals surface area (Å²) in [4.78, 5) is 4.52. The molecule has 1 aromatic heterocycles. The number of para-hydroxylation sites is 2. The van der Waals surface area contributed by atoms with Crippen molar-refractivity contribution in [2.45, 2.75) is 39.3 Å². The molecule has 1 atom stereocenters. The number of aliphatic hydroxyl groups excluding tert-OH is 1. The Bertz CT molecular complexity index is 476. The van der Waals surface area contributed by atoms with Gasteiger partial charge < -0.3 is 9.67 Å². The summed E-state index contributed by atoms with van der Waals surface area (Å²) in [5, 5.41) is 9.95. The summed E-state index contributed by atoms with van der Waals surface area (Å²) in [5.41, 5.74) is 2.09. The van der Waals surface area contributed by atoms with E-state index in [0.717, 1.165) is 29.8 Å². The molecule has 1 heterocycles. The molecule has 0 unspecified atom stereocenters. The molecular formula is C13H18N2O. The molecule has 86 valence electrons. The van der Waals surface area contributed by atoms with Gasteiger partial charge in [-0.15, -0.1) is 0 Å². The van der Waals surface area contributed by atoms with Gasteiger partial charge in [0.15, 0.2) is 0 Å². The molecule has 16 heavy (non-hydrogen) atoms. The zero-order valence-corrected chi connectivity index (χ0v) is 9.85. The van der Waals surface area contributed by atoms with Crippen LogP contribution in [0.15, 0.2) is 24.3 Å². The summed E-state index contributed by atoms with van der Waals surface area (Å²) in [6.07, 6.45) is 1.29. The van der Waals surface area contributed by atoms with E-state index in [-0.39, 0.29) is 0 Å². The van der Waals surface area contributed by atoms with Crippen LogP contribution in [0.2, 0.25) is 0 Å². The number of fused-ring (bicyclic) bond motifs is 1. The Morgan fingerprint density at radius 1 is 1.31 bits per heavy atom. The van der Waals surface area contributed by atoms with Crippen LogP contribution in [0.3, 0.4) is 0 Å². The molecule has 3 heteroatoms. The maximum atomic E-state index is 9.95. The fourth-order valence-electron chi connectivity index (χ4n) is 1.99. The normalized spacial score (nSPS) is 13.2. The highest BCUT2D eigenvalue weighted by atomic mass is 16.3. The Morgan fingerprint density at radius 3 is 2.75 bits per heavy atom. The van der Waals surface area contributed by atoms with Crippen molar-refractivity contribution in [3.05, 3.63) is 30.1 Å². The second-order valence-corrected chi connectivity index (χ2v) is 4.03. The first kappa shape index (κ1) is 11.1. The first-order valence-electron chi connectivity index (χ1n) is 5.91. The molecule has 2 aromatic rings. The van der Waals surface area contributed by atoms with Gasteiger partial charge in [0.1, 0.15) is 11.9 Å². The predicted octanol–water partition coefficient (Wildman–Crippen LogP) is 2.89. The first-order chi connectivity index (χ1) is 7.77. The second-order valence-electron chi connectivity index (χ2n) is 4.03. The topological polar surface area (TPSA) is 38.0 Å². The van der Waals surface area contributed by atoms with E-state index in [9.17, 15) is 5.11 Å². The molecule has 1 aromatic carbocycles. The molecule has 0 amide bonds. The number of nitrogens with zero attached hydrogens (tertiary/aromatic N) is 2. The lowest BCUT2D eigenvalue weighted by Gasteiger charge is -2.11. The van der Waals surface area contributed by atoms with Crippen molar-refractivity contribution in [3.8, 4) is 0 Å². The van der Waals surface area contributed by atoms with Gasteiger partial charge in [0.05, 0.1) is 11.0 Å². The van der Waals surface area contributed by atoms with Crippen molar-refractivity contribution < 1.29 is 5.11 Å². The van der Waals surface area contributed by atoms with E-state index in [1.165, 1.54) is 0 Å². The lowest BCUT2D eigenvalue weighted by molar-refractivity contribution is 0.159. The summed E-state index contributed by atoms with van der Waals surface area (Å²) in [6.45, 7) is 5.02. The van der Waals surface area contributed by atoms with Crippen LogP contribution in [0.4, 0.5) is 0 Å². The SMILES string of the molecule is CCCn1c([C@@H](O)CC)nc2ccccc21. The first-order valence-corrected chi connectivity index (χ1v) is 5.91.